The van der Waals surface area contributed by atoms with Gasteiger partial charge in [0, 0.05) is 30.9 Å². The topological polar surface area (TPSA) is 33.2 Å². The van der Waals surface area contributed by atoms with Crippen LogP contribution in [0.5, 0.6) is 0 Å². The van der Waals surface area contributed by atoms with Crippen LogP contribution in [0.2, 0.25) is 0 Å². The van der Waals surface area contributed by atoms with Crippen molar-refractivity contribution in [3.8, 4) is 0 Å². The van der Waals surface area contributed by atoms with Gasteiger partial charge in [-0.2, -0.15) is 13.2 Å². The lowest BCUT2D eigenvalue weighted by atomic mass is 10.1. The van der Waals surface area contributed by atoms with E-state index in [1.165, 1.54) is 6.07 Å². The number of anilines is 1. The Hall–Kier alpha value is -1.59. The Morgan fingerprint density at radius 1 is 1.47 bits per heavy atom. The van der Waals surface area contributed by atoms with E-state index in [0.717, 1.165) is 18.5 Å². The summed E-state index contributed by atoms with van der Waals surface area (Å²) >= 11 is 0. The van der Waals surface area contributed by atoms with E-state index in [4.69, 9.17) is 0 Å². The third-order valence-electron chi connectivity index (χ3n) is 2.82. The van der Waals surface area contributed by atoms with Crippen LogP contribution in [0.4, 0.5) is 18.9 Å². The summed E-state index contributed by atoms with van der Waals surface area (Å²) in [7, 11) is 0. The second-order valence-electron chi connectivity index (χ2n) is 4.03. The van der Waals surface area contributed by atoms with Gasteiger partial charge >= 0.3 is 6.18 Å². The summed E-state index contributed by atoms with van der Waals surface area (Å²) in [6.45, 7) is 1.08. The molecule has 1 saturated heterocycles. The van der Waals surface area contributed by atoms with Crippen molar-refractivity contribution >= 4 is 12.0 Å². The molecule has 1 aromatic heterocycles. The lowest BCUT2D eigenvalue weighted by Gasteiger charge is -2.18. The fourth-order valence-corrected chi connectivity index (χ4v) is 1.90. The first-order chi connectivity index (χ1) is 8.00. The summed E-state index contributed by atoms with van der Waals surface area (Å²) in [5, 5.41) is 0. The molecule has 2 heterocycles. The third kappa shape index (κ3) is 2.57. The van der Waals surface area contributed by atoms with Gasteiger partial charge in [0.2, 0.25) is 0 Å². The summed E-state index contributed by atoms with van der Waals surface area (Å²) in [6.07, 6.45) is -1.74. The SMILES string of the molecule is O=C[C@@H]1CCN(c2ccnc(C(F)(F)F)c2)C1. The van der Waals surface area contributed by atoms with Crippen molar-refractivity contribution in [2.24, 2.45) is 5.92 Å². The van der Waals surface area contributed by atoms with Gasteiger partial charge in [-0.15, -0.1) is 0 Å². The molecule has 1 fully saturated rings. The number of carbonyl (C=O) groups is 1. The van der Waals surface area contributed by atoms with Crippen LogP contribution in [0.15, 0.2) is 18.3 Å². The average molecular weight is 244 g/mol. The molecule has 0 saturated carbocycles. The molecule has 0 unspecified atom stereocenters. The van der Waals surface area contributed by atoms with Crippen LogP contribution in [0, 0.1) is 5.92 Å². The van der Waals surface area contributed by atoms with E-state index in [9.17, 15) is 18.0 Å². The second-order valence-corrected chi connectivity index (χ2v) is 4.03. The van der Waals surface area contributed by atoms with E-state index in [1.807, 2.05) is 0 Å². The molecule has 0 bridgehead atoms. The van der Waals surface area contributed by atoms with Crippen LogP contribution in [0.3, 0.4) is 0 Å². The lowest BCUT2D eigenvalue weighted by molar-refractivity contribution is -0.141. The zero-order chi connectivity index (χ0) is 12.5. The third-order valence-corrected chi connectivity index (χ3v) is 2.82. The zero-order valence-corrected chi connectivity index (χ0v) is 8.94. The summed E-state index contributed by atoms with van der Waals surface area (Å²) < 4.78 is 37.4. The predicted molar refractivity (Wildman–Crippen MR) is 55.6 cm³/mol. The van der Waals surface area contributed by atoms with Crippen molar-refractivity contribution in [3.05, 3.63) is 24.0 Å². The molecule has 0 N–H and O–H groups in total. The molecule has 0 spiro atoms. The molecule has 17 heavy (non-hydrogen) atoms. The highest BCUT2D eigenvalue weighted by atomic mass is 19.4. The largest absolute Gasteiger partial charge is 0.433 e. The van der Waals surface area contributed by atoms with Crippen LogP contribution in [-0.2, 0) is 11.0 Å². The smallest absolute Gasteiger partial charge is 0.371 e. The number of pyridine rings is 1. The summed E-state index contributed by atoms with van der Waals surface area (Å²) in [4.78, 5) is 15.7. The minimum atomic E-state index is -4.43. The number of alkyl halides is 3. The molecule has 0 amide bonds. The summed E-state index contributed by atoms with van der Waals surface area (Å²) in [5.74, 6) is -0.0856. The van der Waals surface area contributed by atoms with Gasteiger partial charge in [-0.05, 0) is 18.6 Å². The monoisotopic (exact) mass is 244 g/mol. The van der Waals surface area contributed by atoms with Gasteiger partial charge in [0.1, 0.15) is 12.0 Å². The fourth-order valence-electron chi connectivity index (χ4n) is 1.90. The molecule has 1 aliphatic heterocycles. The highest BCUT2D eigenvalue weighted by Gasteiger charge is 2.33. The minimum absolute atomic E-state index is 0.0856. The quantitative estimate of drug-likeness (QED) is 0.747. The maximum atomic E-state index is 12.5. The molecule has 92 valence electrons. The first-order valence-corrected chi connectivity index (χ1v) is 5.24. The van der Waals surface area contributed by atoms with Crippen molar-refractivity contribution in [2.45, 2.75) is 12.6 Å². The van der Waals surface area contributed by atoms with Crippen molar-refractivity contribution in [2.75, 3.05) is 18.0 Å². The van der Waals surface area contributed by atoms with Crippen LogP contribution < -0.4 is 4.90 Å². The van der Waals surface area contributed by atoms with Crippen LogP contribution in [0.1, 0.15) is 12.1 Å². The van der Waals surface area contributed by atoms with Gasteiger partial charge in [0.15, 0.2) is 0 Å². The molecule has 0 aliphatic carbocycles. The highest BCUT2D eigenvalue weighted by molar-refractivity contribution is 5.58. The van der Waals surface area contributed by atoms with Crippen molar-refractivity contribution < 1.29 is 18.0 Å². The molecule has 6 heteroatoms. The first kappa shape index (κ1) is 11.9. The number of aromatic nitrogens is 1. The van der Waals surface area contributed by atoms with Gasteiger partial charge in [-0.25, -0.2) is 0 Å². The molecule has 1 aliphatic rings. The first-order valence-electron chi connectivity index (χ1n) is 5.24. The van der Waals surface area contributed by atoms with Gasteiger partial charge in [0.05, 0.1) is 0 Å². The summed E-state index contributed by atoms with van der Waals surface area (Å²) in [6, 6.07) is 2.55. The normalized spacial score (nSPS) is 20.6. The molecule has 3 nitrogen and oxygen atoms in total. The molecular formula is C11H11F3N2O. The number of rotatable bonds is 2. The Morgan fingerprint density at radius 3 is 2.82 bits per heavy atom. The van der Waals surface area contributed by atoms with Gasteiger partial charge in [-0.1, -0.05) is 0 Å². The van der Waals surface area contributed by atoms with Crippen molar-refractivity contribution in [1.82, 2.24) is 4.98 Å². The standard InChI is InChI=1S/C11H11F3N2O/c12-11(13,14)10-5-9(1-3-15-10)16-4-2-8(6-16)7-17/h1,3,5,7-8H,2,4,6H2/t8-/m1/s1. The zero-order valence-electron chi connectivity index (χ0n) is 8.94. The maximum Gasteiger partial charge on any atom is 0.433 e. The molecule has 0 aromatic carbocycles. The van der Waals surface area contributed by atoms with Crippen molar-refractivity contribution in [1.29, 1.82) is 0 Å². The van der Waals surface area contributed by atoms with E-state index >= 15 is 0 Å². The number of halogens is 3. The Bertz CT molecular complexity index is 419. The van der Waals surface area contributed by atoms with Gasteiger partial charge in [-0.3, -0.25) is 4.98 Å². The Morgan fingerprint density at radius 2 is 2.24 bits per heavy atom. The van der Waals surface area contributed by atoms with E-state index in [-0.39, 0.29) is 5.92 Å². The minimum Gasteiger partial charge on any atom is -0.371 e. The maximum absolute atomic E-state index is 12.5. The number of carbonyl (C=O) groups excluding carboxylic acids is 1. The van der Waals surface area contributed by atoms with E-state index < -0.39 is 11.9 Å². The number of nitrogens with zero attached hydrogens (tertiary/aromatic N) is 2. The molecule has 1 atom stereocenters. The number of hydrogen-bond donors (Lipinski definition) is 0. The van der Waals surface area contributed by atoms with Crippen molar-refractivity contribution in [3.63, 3.8) is 0 Å². The highest BCUT2D eigenvalue weighted by Crippen LogP contribution is 2.31. The Labute approximate surface area is 96.3 Å². The van der Waals surface area contributed by atoms with Crippen LogP contribution in [0.25, 0.3) is 0 Å². The van der Waals surface area contributed by atoms with Crippen LogP contribution >= 0.6 is 0 Å². The number of hydrogen-bond acceptors (Lipinski definition) is 3. The fraction of sp³-hybridized carbons (Fsp3) is 0.455. The second kappa shape index (κ2) is 4.35. The number of aldehydes is 1. The molecule has 0 radical (unpaired) electrons. The van der Waals surface area contributed by atoms with Gasteiger partial charge < -0.3 is 9.69 Å². The van der Waals surface area contributed by atoms with E-state index in [1.54, 1.807) is 4.90 Å². The molecule has 1 aromatic rings. The van der Waals surface area contributed by atoms with Crippen LogP contribution in [-0.4, -0.2) is 24.4 Å². The molecular weight excluding hydrogens is 233 g/mol. The predicted octanol–water partition coefficient (Wildman–Crippen LogP) is 2.13. The van der Waals surface area contributed by atoms with Gasteiger partial charge in [0.25, 0.3) is 0 Å². The van der Waals surface area contributed by atoms with E-state index in [0.29, 0.717) is 25.2 Å². The Kier molecular flexibility index (Phi) is 3.04. The lowest BCUT2D eigenvalue weighted by Crippen LogP contribution is -2.21. The summed E-state index contributed by atoms with van der Waals surface area (Å²) in [5.41, 5.74) is -0.429. The average Bonchev–Trinajstić information content (AvgIpc) is 2.76. The molecule has 2 rings (SSSR count). The van der Waals surface area contributed by atoms with E-state index in [2.05, 4.69) is 4.98 Å². The Balaban J connectivity index is 2.20.